The maximum absolute atomic E-state index is 12.6. The van der Waals surface area contributed by atoms with Crippen LogP contribution in [0.15, 0.2) is 53.4 Å². The molecule has 0 atom stereocenters. The molecule has 25 heavy (non-hydrogen) atoms. The number of hydrogen-bond donors (Lipinski definition) is 1. The Morgan fingerprint density at radius 2 is 1.96 bits per heavy atom. The zero-order valence-electron chi connectivity index (χ0n) is 13.1. The second-order valence-corrected chi connectivity index (χ2v) is 7.10. The van der Waals surface area contributed by atoms with E-state index in [1.54, 1.807) is 4.90 Å². The number of thioether (sulfide) groups is 1. The van der Waals surface area contributed by atoms with Crippen molar-refractivity contribution in [2.75, 3.05) is 18.8 Å². The van der Waals surface area contributed by atoms with Crippen molar-refractivity contribution in [1.29, 1.82) is 0 Å². The fourth-order valence-electron chi connectivity index (χ4n) is 2.52. The Hall–Kier alpha value is -2.51. The topological polar surface area (TPSA) is 50.8 Å². The number of benzene rings is 2. The van der Waals surface area contributed by atoms with Gasteiger partial charge in [-0.3, -0.25) is 9.69 Å². The molecular formula is C18H14N2O3S2. The minimum Gasteiger partial charge on any atom is -0.454 e. The van der Waals surface area contributed by atoms with Gasteiger partial charge in [-0.25, -0.2) is 0 Å². The zero-order chi connectivity index (χ0) is 17.2. The van der Waals surface area contributed by atoms with Gasteiger partial charge in [0.2, 0.25) is 6.79 Å². The van der Waals surface area contributed by atoms with Crippen LogP contribution in [-0.4, -0.2) is 28.6 Å². The van der Waals surface area contributed by atoms with Crippen LogP contribution in [0, 0.1) is 0 Å². The molecule has 2 aromatic rings. The number of nitrogens with zero attached hydrogens (tertiary/aromatic N) is 1. The molecule has 2 aliphatic rings. The maximum Gasteiger partial charge on any atom is 0.267 e. The van der Waals surface area contributed by atoms with Crippen LogP contribution in [-0.2, 0) is 4.79 Å². The minimum atomic E-state index is -0.101. The summed E-state index contributed by atoms with van der Waals surface area (Å²) in [4.78, 5) is 14.8. The summed E-state index contributed by atoms with van der Waals surface area (Å²) in [6, 6.07) is 15.3. The van der Waals surface area contributed by atoms with Crippen molar-refractivity contribution >= 4 is 46.0 Å². The molecule has 0 saturated carbocycles. The summed E-state index contributed by atoms with van der Waals surface area (Å²) in [6.45, 7) is 0.569. The molecule has 2 aromatic carbocycles. The van der Waals surface area contributed by atoms with Gasteiger partial charge in [0.1, 0.15) is 4.32 Å². The Balaban J connectivity index is 1.49. The quantitative estimate of drug-likeness (QED) is 0.654. The molecule has 0 aliphatic carbocycles. The number of ether oxygens (including phenoxy) is 2. The summed E-state index contributed by atoms with van der Waals surface area (Å²) >= 11 is 6.65. The highest BCUT2D eigenvalue weighted by molar-refractivity contribution is 8.26. The number of hydrogen-bond acceptors (Lipinski definition) is 6. The Labute approximate surface area is 154 Å². The van der Waals surface area contributed by atoms with Crippen molar-refractivity contribution in [3.63, 3.8) is 0 Å². The average Bonchev–Trinajstić information content (AvgIpc) is 3.19. The van der Waals surface area contributed by atoms with E-state index in [2.05, 4.69) is 5.32 Å². The molecule has 0 radical (unpaired) electrons. The van der Waals surface area contributed by atoms with Gasteiger partial charge in [0.25, 0.3) is 5.91 Å². The molecule has 1 N–H and O–H groups in total. The van der Waals surface area contributed by atoms with Gasteiger partial charge in [0, 0.05) is 5.69 Å². The van der Waals surface area contributed by atoms with E-state index in [1.807, 2.05) is 54.6 Å². The highest BCUT2D eigenvalue weighted by Gasteiger charge is 2.31. The van der Waals surface area contributed by atoms with Crippen molar-refractivity contribution in [1.82, 2.24) is 4.90 Å². The third kappa shape index (κ3) is 3.33. The first kappa shape index (κ1) is 16.0. The number of amides is 1. The number of thiocarbonyl (C=S) groups is 1. The molecule has 1 fully saturated rings. The fourth-order valence-corrected chi connectivity index (χ4v) is 3.77. The average molecular weight is 370 g/mol. The number of nitrogens with one attached hydrogen (secondary N) is 1. The van der Waals surface area contributed by atoms with Crippen LogP contribution in [0.1, 0.15) is 5.56 Å². The van der Waals surface area contributed by atoms with Gasteiger partial charge in [-0.2, -0.15) is 0 Å². The van der Waals surface area contributed by atoms with Crippen LogP contribution in [0.2, 0.25) is 0 Å². The van der Waals surface area contributed by atoms with Gasteiger partial charge in [-0.15, -0.1) is 0 Å². The SMILES string of the molecule is O=C1C(=Cc2ccc3c(c2)OCO3)SC(=S)N1CNc1ccccc1. The standard InChI is InChI=1S/C18H14N2O3S2/c21-17-16(9-12-6-7-14-15(8-12)23-11-22-14)25-18(24)20(17)10-19-13-4-2-1-3-5-13/h1-9,19H,10-11H2. The predicted molar refractivity (Wildman–Crippen MR) is 103 cm³/mol. The molecule has 126 valence electrons. The number of fused-ring (bicyclic) bond motifs is 1. The van der Waals surface area contributed by atoms with Crippen LogP contribution in [0.3, 0.4) is 0 Å². The Kier molecular flexibility index (Phi) is 4.33. The van der Waals surface area contributed by atoms with Crippen molar-refractivity contribution < 1.29 is 14.3 Å². The fraction of sp³-hybridized carbons (Fsp3) is 0.111. The summed E-state index contributed by atoms with van der Waals surface area (Å²) < 4.78 is 11.2. The van der Waals surface area contributed by atoms with Crippen LogP contribution in [0.5, 0.6) is 11.5 Å². The van der Waals surface area contributed by atoms with Gasteiger partial charge in [0.15, 0.2) is 11.5 Å². The normalized spacial score (nSPS) is 17.4. The van der Waals surface area contributed by atoms with E-state index in [1.165, 1.54) is 11.8 Å². The monoisotopic (exact) mass is 370 g/mol. The van der Waals surface area contributed by atoms with Crippen molar-refractivity contribution in [3.05, 3.63) is 59.0 Å². The Morgan fingerprint density at radius 3 is 2.80 bits per heavy atom. The highest BCUT2D eigenvalue weighted by atomic mass is 32.2. The predicted octanol–water partition coefficient (Wildman–Crippen LogP) is 3.69. The first-order chi connectivity index (χ1) is 12.2. The number of anilines is 1. The van der Waals surface area contributed by atoms with E-state index >= 15 is 0 Å². The van der Waals surface area contributed by atoms with Crippen molar-refractivity contribution in [2.24, 2.45) is 0 Å². The summed E-state index contributed by atoms with van der Waals surface area (Å²) in [5.74, 6) is 1.31. The molecule has 0 unspecified atom stereocenters. The lowest BCUT2D eigenvalue weighted by Crippen LogP contribution is -2.33. The molecule has 2 aliphatic heterocycles. The van der Waals surface area contributed by atoms with E-state index < -0.39 is 0 Å². The van der Waals surface area contributed by atoms with Crippen LogP contribution < -0.4 is 14.8 Å². The number of para-hydroxylation sites is 1. The van der Waals surface area contributed by atoms with E-state index in [-0.39, 0.29) is 12.7 Å². The Bertz CT molecular complexity index is 868. The molecule has 5 nitrogen and oxygen atoms in total. The molecular weight excluding hydrogens is 356 g/mol. The lowest BCUT2D eigenvalue weighted by atomic mass is 10.2. The smallest absolute Gasteiger partial charge is 0.267 e. The minimum absolute atomic E-state index is 0.101. The third-order valence-corrected chi connectivity index (χ3v) is 5.16. The van der Waals surface area contributed by atoms with E-state index in [4.69, 9.17) is 21.7 Å². The first-order valence-corrected chi connectivity index (χ1v) is 8.87. The lowest BCUT2D eigenvalue weighted by molar-refractivity contribution is -0.121. The molecule has 0 spiro atoms. The number of rotatable bonds is 4. The summed E-state index contributed by atoms with van der Waals surface area (Å²) in [6.07, 6.45) is 1.82. The molecule has 1 amide bonds. The van der Waals surface area contributed by atoms with Gasteiger partial charge >= 0.3 is 0 Å². The van der Waals surface area contributed by atoms with Gasteiger partial charge in [-0.05, 0) is 35.9 Å². The first-order valence-electron chi connectivity index (χ1n) is 7.65. The van der Waals surface area contributed by atoms with Crippen molar-refractivity contribution in [3.8, 4) is 11.5 Å². The van der Waals surface area contributed by atoms with E-state index in [9.17, 15) is 4.79 Å². The summed E-state index contributed by atoms with van der Waals surface area (Å²) in [7, 11) is 0. The molecule has 4 rings (SSSR count). The molecule has 0 bridgehead atoms. The second kappa shape index (κ2) is 6.78. The largest absolute Gasteiger partial charge is 0.454 e. The molecule has 7 heteroatoms. The summed E-state index contributed by atoms with van der Waals surface area (Å²) in [5, 5.41) is 3.21. The van der Waals surface area contributed by atoms with E-state index in [0.717, 1.165) is 17.0 Å². The number of carbonyl (C=O) groups excluding carboxylic acids is 1. The van der Waals surface area contributed by atoms with E-state index in [0.29, 0.717) is 21.6 Å². The van der Waals surface area contributed by atoms with Crippen molar-refractivity contribution in [2.45, 2.75) is 0 Å². The molecule has 2 heterocycles. The number of carbonyl (C=O) groups is 1. The highest BCUT2D eigenvalue weighted by Crippen LogP contribution is 2.36. The zero-order valence-corrected chi connectivity index (χ0v) is 14.7. The van der Waals surface area contributed by atoms with Crippen LogP contribution in [0.25, 0.3) is 6.08 Å². The summed E-state index contributed by atoms with van der Waals surface area (Å²) in [5.41, 5.74) is 1.82. The van der Waals surface area contributed by atoms with Gasteiger partial charge in [-0.1, -0.05) is 48.2 Å². The second-order valence-electron chi connectivity index (χ2n) is 5.42. The Morgan fingerprint density at radius 1 is 1.16 bits per heavy atom. The third-order valence-electron chi connectivity index (χ3n) is 3.78. The van der Waals surface area contributed by atoms with Crippen LogP contribution in [0.4, 0.5) is 5.69 Å². The van der Waals surface area contributed by atoms with Gasteiger partial charge < -0.3 is 14.8 Å². The molecule has 1 saturated heterocycles. The lowest BCUT2D eigenvalue weighted by Gasteiger charge is -2.16. The van der Waals surface area contributed by atoms with Crippen LogP contribution >= 0.6 is 24.0 Å². The maximum atomic E-state index is 12.6. The molecule has 0 aromatic heterocycles. The van der Waals surface area contributed by atoms with Gasteiger partial charge in [0.05, 0.1) is 11.6 Å².